The monoisotopic (exact) mass is 269 g/mol. The van der Waals surface area contributed by atoms with Crippen molar-refractivity contribution in [2.24, 2.45) is 0 Å². The minimum absolute atomic E-state index is 0.488. The summed E-state index contributed by atoms with van der Waals surface area (Å²) < 4.78 is 0. The average molecular weight is 270 g/mol. The predicted molar refractivity (Wildman–Crippen MR) is 75.7 cm³/mol. The van der Waals surface area contributed by atoms with Crippen LogP contribution >= 0.6 is 23.4 Å². The van der Waals surface area contributed by atoms with E-state index in [-0.39, 0.29) is 0 Å². The maximum Gasteiger partial charge on any atom is 0.134 e. The molecule has 0 unspecified atom stereocenters. The maximum atomic E-state index is 5.93. The first-order valence-corrected chi connectivity index (χ1v) is 7.08. The number of anilines is 1. The highest BCUT2D eigenvalue weighted by Crippen LogP contribution is 2.12. The number of aryl methyl sites for hydroxylation is 1. The van der Waals surface area contributed by atoms with E-state index in [9.17, 15) is 0 Å². The Balaban J connectivity index is 2.44. The van der Waals surface area contributed by atoms with E-state index in [1.54, 1.807) is 17.8 Å². The van der Waals surface area contributed by atoms with E-state index in [0.717, 1.165) is 42.5 Å². The van der Waals surface area contributed by atoms with Gasteiger partial charge in [0.05, 0.1) is 5.75 Å². The quantitative estimate of drug-likeness (QED) is 0.469. The van der Waals surface area contributed by atoms with Gasteiger partial charge in [-0.15, -0.1) is 18.2 Å². The molecule has 0 radical (unpaired) electrons. The van der Waals surface area contributed by atoms with Crippen LogP contribution in [0.2, 0.25) is 5.15 Å². The molecule has 1 rings (SSSR count). The molecule has 17 heavy (non-hydrogen) atoms. The fourth-order valence-electron chi connectivity index (χ4n) is 1.27. The minimum atomic E-state index is 0.488. The van der Waals surface area contributed by atoms with Gasteiger partial charge < -0.3 is 5.32 Å². The molecule has 0 amide bonds. The van der Waals surface area contributed by atoms with Gasteiger partial charge in [-0.05, 0) is 6.42 Å². The molecule has 0 aliphatic heterocycles. The van der Waals surface area contributed by atoms with Crippen LogP contribution in [0.5, 0.6) is 0 Å². The van der Waals surface area contributed by atoms with Crippen LogP contribution in [0.4, 0.5) is 5.82 Å². The Morgan fingerprint density at radius 1 is 1.53 bits per heavy atom. The molecule has 0 saturated heterocycles. The van der Waals surface area contributed by atoms with Crippen LogP contribution in [0.1, 0.15) is 19.2 Å². The van der Waals surface area contributed by atoms with Crippen LogP contribution in [0.15, 0.2) is 6.07 Å². The number of hydrogen-bond acceptors (Lipinski definition) is 4. The van der Waals surface area contributed by atoms with Crippen LogP contribution < -0.4 is 5.32 Å². The van der Waals surface area contributed by atoms with E-state index in [1.807, 2.05) is 0 Å². The Morgan fingerprint density at radius 3 is 3.06 bits per heavy atom. The van der Waals surface area contributed by atoms with Gasteiger partial charge in [-0.3, -0.25) is 0 Å². The third-order valence-electron chi connectivity index (χ3n) is 1.95. The summed E-state index contributed by atoms with van der Waals surface area (Å²) in [5, 5.41) is 3.71. The molecule has 0 saturated carbocycles. The number of thioether (sulfide) groups is 1. The number of hydrogen-bond donors (Lipinski definition) is 1. The number of halogens is 1. The Bertz CT molecular complexity index is 390. The first-order valence-electron chi connectivity index (χ1n) is 5.54. The van der Waals surface area contributed by atoms with Crippen molar-refractivity contribution in [1.82, 2.24) is 9.97 Å². The molecule has 3 nitrogen and oxygen atoms in total. The van der Waals surface area contributed by atoms with Gasteiger partial charge in [-0.25, -0.2) is 9.97 Å². The summed E-state index contributed by atoms with van der Waals surface area (Å²) in [5.41, 5.74) is 0. The summed E-state index contributed by atoms with van der Waals surface area (Å²) in [6, 6.07) is 1.74. The topological polar surface area (TPSA) is 37.8 Å². The maximum absolute atomic E-state index is 5.93. The highest BCUT2D eigenvalue weighted by atomic mass is 35.5. The molecule has 1 N–H and O–H groups in total. The zero-order valence-corrected chi connectivity index (χ0v) is 11.4. The molecular weight excluding hydrogens is 254 g/mol. The summed E-state index contributed by atoms with van der Waals surface area (Å²) in [5.74, 6) is 5.86. The van der Waals surface area contributed by atoms with E-state index >= 15 is 0 Å². The van der Waals surface area contributed by atoms with Crippen molar-refractivity contribution >= 4 is 29.2 Å². The van der Waals surface area contributed by atoms with Crippen LogP contribution in [-0.4, -0.2) is 28.0 Å². The average Bonchev–Trinajstić information content (AvgIpc) is 2.28. The van der Waals surface area contributed by atoms with Gasteiger partial charge in [-0.1, -0.05) is 24.4 Å². The fourth-order valence-corrected chi connectivity index (χ4v) is 1.98. The molecule has 0 bridgehead atoms. The van der Waals surface area contributed by atoms with Gasteiger partial charge in [0.15, 0.2) is 0 Å². The fraction of sp³-hybridized carbons (Fsp3) is 0.500. The molecule has 0 spiro atoms. The van der Waals surface area contributed by atoms with E-state index in [1.165, 1.54) is 0 Å². The van der Waals surface area contributed by atoms with Crippen molar-refractivity contribution in [3.8, 4) is 12.3 Å². The molecule has 1 aromatic heterocycles. The zero-order valence-electron chi connectivity index (χ0n) is 9.87. The molecular formula is C12H16ClN3S. The lowest BCUT2D eigenvalue weighted by Gasteiger charge is -2.06. The number of nitrogens with one attached hydrogen (secondary N) is 1. The zero-order chi connectivity index (χ0) is 12.5. The molecule has 0 aliphatic carbocycles. The first kappa shape index (κ1) is 14.1. The second-order valence-electron chi connectivity index (χ2n) is 3.43. The highest BCUT2D eigenvalue weighted by molar-refractivity contribution is 7.99. The molecule has 0 aliphatic rings. The standard InChI is InChI=1S/C12H16ClN3S/c1-3-5-11-15-10(13)9-12(16-11)14-6-8-17-7-4-2/h2,9H,3,5-8H2,1H3,(H,14,15,16). The van der Waals surface area contributed by atoms with Gasteiger partial charge in [0.25, 0.3) is 0 Å². The van der Waals surface area contributed by atoms with Gasteiger partial charge in [0.2, 0.25) is 0 Å². The lowest BCUT2D eigenvalue weighted by Crippen LogP contribution is -2.08. The lowest BCUT2D eigenvalue weighted by molar-refractivity contribution is 0.835. The van der Waals surface area contributed by atoms with E-state index in [2.05, 4.69) is 28.1 Å². The number of nitrogens with zero attached hydrogens (tertiary/aromatic N) is 2. The second kappa shape index (κ2) is 8.21. The van der Waals surface area contributed by atoms with Gasteiger partial charge >= 0.3 is 0 Å². The largest absolute Gasteiger partial charge is 0.369 e. The van der Waals surface area contributed by atoms with Crippen LogP contribution in [-0.2, 0) is 6.42 Å². The Morgan fingerprint density at radius 2 is 2.35 bits per heavy atom. The van der Waals surface area contributed by atoms with Crippen LogP contribution in [0, 0.1) is 12.3 Å². The van der Waals surface area contributed by atoms with Crippen LogP contribution in [0.25, 0.3) is 0 Å². The molecule has 0 aromatic carbocycles. The summed E-state index contributed by atoms with van der Waals surface area (Å²) in [7, 11) is 0. The van der Waals surface area contributed by atoms with Gasteiger partial charge in [0, 0.05) is 24.8 Å². The molecule has 5 heteroatoms. The van der Waals surface area contributed by atoms with Crippen molar-refractivity contribution < 1.29 is 0 Å². The summed E-state index contributed by atoms with van der Waals surface area (Å²) >= 11 is 7.64. The highest BCUT2D eigenvalue weighted by Gasteiger charge is 2.02. The Kier molecular flexibility index (Phi) is 6.83. The Hall–Kier alpha value is -0.920. The lowest BCUT2D eigenvalue weighted by atomic mass is 10.3. The van der Waals surface area contributed by atoms with Gasteiger partial charge in [0.1, 0.15) is 16.8 Å². The predicted octanol–water partition coefficient (Wildman–Crippen LogP) is 2.86. The summed E-state index contributed by atoms with van der Waals surface area (Å²) in [4.78, 5) is 8.55. The van der Waals surface area contributed by atoms with Crippen molar-refractivity contribution in [1.29, 1.82) is 0 Å². The second-order valence-corrected chi connectivity index (χ2v) is 4.92. The van der Waals surface area contributed by atoms with Crippen LogP contribution in [0.3, 0.4) is 0 Å². The number of terminal acetylenes is 1. The summed E-state index contributed by atoms with van der Waals surface area (Å²) in [6.45, 7) is 2.92. The van der Waals surface area contributed by atoms with Crippen molar-refractivity contribution in [3.05, 3.63) is 17.0 Å². The Labute approximate surface area is 112 Å². The van der Waals surface area contributed by atoms with Crippen molar-refractivity contribution in [3.63, 3.8) is 0 Å². The van der Waals surface area contributed by atoms with E-state index < -0.39 is 0 Å². The SMILES string of the molecule is C#CCSCCNc1cc(Cl)nc(CCC)n1. The minimum Gasteiger partial charge on any atom is -0.369 e. The first-order chi connectivity index (χ1) is 8.26. The molecule has 92 valence electrons. The third kappa shape index (κ3) is 5.81. The number of rotatable bonds is 7. The molecule has 1 heterocycles. The molecule has 1 aromatic rings. The van der Waals surface area contributed by atoms with Gasteiger partial charge in [-0.2, -0.15) is 0 Å². The normalized spacial score (nSPS) is 9.94. The van der Waals surface area contributed by atoms with E-state index in [4.69, 9.17) is 18.0 Å². The summed E-state index contributed by atoms with van der Waals surface area (Å²) in [6.07, 6.45) is 7.03. The van der Waals surface area contributed by atoms with E-state index in [0.29, 0.717) is 5.15 Å². The van der Waals surface area contributed by atoms with Crippen molar-refractivity contribution in [2.45, 2.75) is 19.8 Å². The third-order valence-corrected chi connectivity index (χ3v) is 3.01. The number of aromatic nitrogens is 2. The molecule has 0 fully saturated rings. The van der Waals surface area contributed by atoms with Crippen molar-refractivity contribution in [2.75, 3.05) is 23.4 Å². The smallest absolute Gasteiger partial charge is 0.134 e. The molecule has 0 atom stereocenters.